The zero-order valence-electron chi connectivity index (χ0n) is 15.7. The maximum atomic E-state index is 13.5. The highest BCUT2D eigenvalue weighted by atomic mass is 32.2. The first kappa shape index (κ1) is 19.3. The van der Waals surface area contributed by atoms with Gasteiger partial charge in [-0.15, -0.1) is 11.3 Å². The van der Waals surface area contributed by atoms with E-state index in [-0.39, 0.29) is 17.0 Å². The minimum absolute atomic E-state index is 0.0479. The predicted octanol–water partition coefficient (Wildman–Crippen LogP) is 3.60. The molecular weight excluding hydrogens is 412 g/mol. The fourth-order valence-electron chi connectivity index (χ4n) is 3.01. The van der Waals surface area contributed by atoms with Crippen LogP contribution in [0.25, 0.3) is 11.1 Å². The molecule has 0 amide bonds. The lowest BCUT2D eigenvalue weighted by molar-refractivity contribution is 0.415. The normalized spacial score (nSPS) is 11.7. The van der Waals surface area contributed by atoms with Gasteiger partial charge in [0.2, 0.25) is 0 Å². The molecule has 29 heavy (non-hydrogen) atoms. The van der Waals surface area contributed by atoms with Crippen LogP contribution in [-0.2, 0) is 23.6 Å². The third-order valence-corrected chi connectivity index (χ3v) is 7.22. The Hall–Kier alpha value is -3.04. The van der Waals surface area contributed by atoms with Gasteiger partial charge in [-0.05, 0) is 47.8 Å². The van der Waals surface area contributed by atoms with Crippen molar-refractivity contribution in [2.75, 3.05) is 11.4 Å². The number of sulfonamides is 1. The van der Waals surface area contributed by atoms with Crippen LogP contribution in [0.3, 0.4) is 0 Å². The second-order valence-electron chi connectivity index (χ2n) is 6.35. The van der Waals surface area contributed by atoms with E-state index in [1.54, 1.807) is 44.5 Å². The van der Waals surface area contributed by atoms with E-state index in [9.17, 15) is 13.2 Å². The molecule has 0 unspecified atom stereocenters. The maximum Gasteiger partial charge on any atom is 0.419 e. The quantitative estimate of drug-likeness (QED) is 0.467. The molecule has 4 aromatic rings. The highest BCUT2D eigenvalue weighted by molar-refractivity contribution is 7.92. The molecule has 0 aliphatic rings. The number of anilines is 1. The van der Waals surface area contributed by atoms with E-state index >= 15 is 0 Å². The monoisotopic (exact) mass is 430 g/mol. The Labute approximate surface area is 171 Å². The van der Waals surface area contributed by atoms with E-state index in [1.807, 2.05) is 17.5 Å². The van der Waals surface area contributed by atoms with Gasteiger partial charge in [-0.2, -0.15) is 0 Å². The molecule has 7 nitrogen and oxygen atoms in total. The van der Waals surface area contributed by atoms with Crippen LogP contribution in [0, 0.1) is 0 Å². The minimum Gasteiger partial charge on any atom is -0.497 e. The number of benzene rings is 2. The molecule has 2 aromatic heterocycles. The summed E-state index contributed by atoms with van der Waals surface area (Å²) in [6.45, 7) is 0.184. The van der Waals surface area contributed by atoms with Crippen molar-refractivity contribution >= 4 is 38.1 Å². The zero-order valence-corrected chi connectivity index (χ0v) is 17.4. The molecule has 0 saturated carbocycles. The van der Waals surface area contributed by atoms with Gasteiger partial charge in [-0.3, -0.25) is 8.87 Å². The van der Waals surface area contributed by atoms with Crippen LogP contribution in [0.1, 0.15) is 4.88 Å². The average molecular weight is 431 g/mol. The molecule has 2 aromatic carbocycles. The number of nitrogens with zero attached hydrogens (tertiary/aromatic N) is 2. The highest BCUT2D eigenvalue weighted by Crippen LogP contribution is 2.30. The molecule has 0 N–H and O–H groups in total. The van der Waals surface area contributed by atoms with E-state index in [0.29, 0.717) is 17.0 Å². The molecule has 2 heterocycles. The van der Waals surface area contributed by atoms with Gasteiger partial charge in [0.25, 0.3) is 10.0 Å². The standard InChI is InChI=1S/C20H18N2O5S2/c1-21-18-10-9-17(12-19(18)27-20(21)23)29(24,25)22(13-16-4-3-11-28-16)14-5-7-15(26-2)8-6-14/h3-12H,13H2,1-2H3. The van der Waals surface area contributed by atoms with Crippen molar-refractivity contribution in [1.82, 2.24) is 4.57 Å². The summed E-state index contributed by atoms with van der Waals surface area (Å²) >= 11 is 1.48. The van der Waals surface area contributed by atoms with Gasteiger partial charge >= 0.3 is 5.76 Å². The second kappa shape index (κ2) is 7.41. The van der Waals surface area contributed by atoms with Gasteiger partial charge < -0.3 is 9.15 Å². The third kappa shape index (κ3) is 3.54. The molecular formula is C20H18N2O5S2. The first-order chi connectivity index (χ1) is 13.9. The molecule has 0 aliphatic carbocycles. The molecule has 0 spiro atoms. The van der Waals surface area contributed by atoms with Gasteiger partial charge in [0.1, 0.15) is 5.75 Å². The van der Waals surface area contributed by atoms with Crippen molar-refractivity contribution in [3.05, 3.63) is 75.4 Å². The zero-order chi connectivity index (χ0) is 20.6. The van der Waals surface area contributed by atoms with Crippen LogP contribution in [0.15, 0.2) is 74.1 Å². The van der Waals surface area contributed by atoms with Gasteiger partial charge in [0.05, 0.1) is 29.8 Å². The molecule has 0 aliphatic heterocycles. The summed E-state index contributed by atoms with van der Waals surface area (Å²) in [7, 11) is -0.791. The molecule has 150 valence electrons. The summed E-state index contributed by atoms with van der Waals surface area (Å²) in [5.41, 5.74) is 1.27. The van der Waals surface area contributed by atoms with E-state index in [0.717, 1.165) is 4.88 Å². The average Bonchev–Trinajstić information content (AvgIpc) is 3.34. The largest absolute Gasteiger partial charge is 0.497 e. The highest BCUT2D eigenvalue weighted by Gasteiger charge is 2.27. The van der Waals surface area contributed by atoms with E-state index < -0.39 is 15.8 Å². The fraction of sp³-hybridized carbons (Fsp3) is 0.150. The smallest absolute Gasteiger partial charge is 0.419 e. The van der Waals surface area contributed by atoms with Crippen molar-refractivity contribution < 1.29 is 17.6 Å². The van der Waals surface area contributed by atoms with Crippen molar-refractivity contribution in [3.63, 3.8) is 0 Å². The summed E-state index contributed by atoms with van der Waals surface area (Å²) in [5, 5.41) is 1.90. The first-order valence-corrected chi connectivity index (χ1v) is 11.0. The van der Waals surface area contributed by atoms with Crippen LogP contribution in [0.4, 0.5) is 5.69 Å². The summed E-state index contributed by atoms with van der Waals surface area (Å²) in [6, 6.07) is 15.0. The summed E-state index contributed by atoms with van der Waals surface area (Å²) in [4.78, 5) is 12.7. The van der Waals surface area contributed by atoms with Crippen LogP contribution in [-0.4, -0.2) is 20.1 Å². The van der Waals surface area contributed by atoms with Gasteiger partial charge in [0.15, 0.2) is 5.58 Å². The van der Waals surface area contributed by atoms with Crippen LogP contribution in [0.2, 0.25) is 0 Å². The topological polar surface area (TPSA) is 81.8 Å². The SMILES string of the molecule is COc1ccc(N(Cc2cccs2)S(=O)(=O)c2ccc3c(c2)oc(=O)n3C)cc1. The molecule has 9 heteroatoms. The Morgan fingerprint density at radius 3 is 2.55 bits per heavy atom. The maximum absolute atomic E-state index is 13.5. The van der Waals surface area contributed by atoms with Gasteiger partial charge in [-0.1, -0.05) is 6.07 Å². The lowest BCUT2D eigenvalue weighted by atomic mass is 10.3. The number of rotatable bonds is 6. The Morgan fingerprint density at radius 1 is 1.14 bits per heavy atom. The third-order valence-electron chi connectivity index (χ3n) is 4.59. The number of aromatic nitrogens is 1. The van der Waals surface area contributed by atoms with Crippen molar-refractivity contribution in [3.8, 4) is 5.75 Å². The second-order valence-corrected chi connectivity index (χ2v) is 9.24. The number of aryl methyl sites for hydroxylation is 1. The number of hydrogen-bond donors (Lipinski definition) is 0. The van der Waals surface area contributed by atoms with Crippen molar-refractivity contribution in [2.24, 2.45) is 7.05 Å². The fourth-order valence-corrected chi connectivity index (χ4v) is 5.24. The lowest BCUT2D eigenvalue weighted by Crippen LogP contribution is -2.30. The Kier molecular flexibility index (Phi) is 4.93. The van der Waals surface area contributed by atoms with Crippen molar-refractivity contribution in [2.45, 2.75) is 11.4 Å². The molecule has 0 bridgehead atoms. The number of fused-ring (bicyclic) bond motifs is 1. The van der Waals surface area contributed by atoms with Crippen molar-refractivity contribution in [1.29, 1.82) is 0 Å². The summed E-state index contributed by atoms with van der Waals surface area (Å²) < 4.78 is 40.1. The van der Waals surface area contributed by atoms with E-state index in [2.05, 4.69) is 0 Å². The number of thiophene rings is 1. The van der Waals surface area contributed by atoms with Crippen LogP contribution < -0.4 is 14.8 Å². The van der Waals surface area contributed by atoms with Gasteiger partial charge in [0, 0.05) is 18.0 Å². The van der Waals surface area contributed by atoms with E-state index in [1.165, 1.54) is 32.3 Å². The Balaban J connectivity index is 1.82. The first-order valence-electron chi connectivity index (χ1n) is 8.69. The predicted molar refractivity (Wildman–Crippen MR) is 112 cm³/mol. The molecule has 0 atom stereocenters. The lowest BCUT2D eigenvalue weighted by Gasteiger charge is -2.24. The van der Waals surface area contributed by atoms with Crippen LogP contribution >= 0.6 is 11.3 Å². The molecule has 4 rings (SSSR count). The van der Waals surface area contributed by atoms with Gasteiger partial charge in [-0.25, -0.2) is 13.2 Å². The number of ether oxygens (including phenoxy) is 1. The number of methoxy groups -OCH3 is 1. The van der Waals surface area contributed by atoms with Crippen LogP contribution in [0.5, 0.6) is 5.75 Å². The van der Waals surface area contributed by atoms with E-state index in [4.69, 9.17) is 9.15 Å². The summed E-state index contributed by atoms with van der Waals surface area (Å²) in [6.07, 6.45) is 0. The number of hydrogen-bond acceptors (Lipinski definition) is 6. The molecule has 0 saturated heterocycles. The minimum atomic E-state index is -3.92. The Morgan fingerprint density at radius 2 is 1.90 bits per heavy atom. The summed E-state index contributed by atoms with van der Waals surface area (Å²) in [5.74, 6) is 0.0924. The molecule has 0 radical (unpaired) electrons. The number of oxazole rings is 1. The Bertz CT molecular complexity index is 1300. The molecule has 0 fully saturated rings.